The van der Waals surface area contributed by atoms with Crippen LogP contribution in [0.3, 0.4) is 0 Å². The van der Waals surface area contributed by atoms with Crippen LogP contribution in [0.5, 0.6) is 0 Å². The maximum Gasteiger partial charge on any atom is 0.337 e. The second-order valence-electron chi connectivity index (χ2n) is 3.05. The first-order valence-electron chi connectivity index (χ1n) is 4.52. The first kappa shape index (κ1) is 13.0. The third kappa shape index (κ3) is 3.19. The normalized spacial score (nSPS) is 9.69. The summed E-state index contributed by atoms with van der Waals surface area (Å²) < 4.78 is 10.0. The quantitative estimate of drug-likeness (QED) is 0.625. The number of methoxy groups -OCH3 is 2. The van der Waals surface area contributed by atoms with Crippen molar-refractivity contribution in [2.75, 3.05) is 14.2 Å². The molecule has 0 fully saturated rings. The zero-order chi connectivity index (χ0) is 12.1. The summed E-state index contributed by atoms with van der Waals surface area (Å²) in [4.78, 5) is 22.3. The van der Waals surface area contributed by atoms with Crippen molar-refractivity contribution in [2.45, 2.75) is 6.42 Å². The summed E-state index contributed by atoms with van der Waals surface area (Å²) in [6.07, 6.45) is 0.205. The van der Waals surface area contributed by atoms with Gasteiger partial charge in [0.25, 0.3) is 0 Å². The number of benzene rings is 1. The van der Waals surface area contributed by atoms with E-state index in [1.165, 1.54) is 14.2 Å². The largest absolute Gasteiger partial charge is 0.469 e. The molecule has 0 aliphatic heterocycles. The van der Waals surface area contributed by atoms with Crippen LogP contribution in [0.4, 0.5) is 0 Å². The highest BCUT2D eigenvalue weighted by molar-refractivity contribution is 14.1. The molecule has 0 saturated carbocycles. The molecule has 16 heavy (non-hydrogen) atoms. The fourth-order valence-corrected chi connectivity index (χ4v) is 1.87. The molecule has 0 radical (unpaired) electrons. The lowest BCUT2D eigenvalue weighted by atomic mass is 10.1. The van der Waals surface area contributed by atoms with Crippen LogP contribution in [0, 0.1) is 3.57 Å². The summed E-state index contributed by atoms with van der Waals surface area (Å²) in [5.74, 6) is -0.689. The predicted octanol–water partition coefficient (Wildman–Crippen LogP) is 1.79. The van der Waals surface area contributed by atoms with Crippen molar-refractivity contribution in [1.29, 1.82) is 0 Å². The summed E-state index contributed by atoms with van der Waals surface area (Å²) in [6.45, 7) is 0. The molecular weight excluding hydrogens is 323 g/mol. The second-order valence-corrected chi connectivity index (χ2v) is 4.21. The molecule has 86 valence electrons. The third-order valence-electron chi connectivity index (χ3n) is 2.04. The van der Waals surface area contributed by atoms with E-state index >= 15 is 0 Å². The summed E-state index contributed by atoms with van der Waals surface area (Å²) in [6, 6.07) is 5.04. The minimum atomic E-state index is -0.387. The average molecular weight is 334 g/mol. The Morgan fingerprint density at radius 2 is 1.94 bits per heavy atom. The van der Waals surface area contributed by atoms with E-state index in [4.69, 9.17) is 0 Å². The molecule has 1 aromatic carbocycles. The van der Waals surface area contributed by atoms with Crippen LogP contribution >= 0.6 is 22.6 Å². The summed E-state index contributed by atoms with van der Waals surface area (Å²) in [5.41, 5.74) is 1.31. The highest BCUT2D eigenvalue weighted by atomic mass is 127. The zero-order valence-electron chi connectivity index (χ0n) is 8.95. The van der Waals surface area contributed by atoms with Crippen LogP contribution in [-0.4, -0.2) is 26.2 Å². The number of hydrogen-bond donors (Lipinski definition) is 0. The Hall–Kier alpha value is -1.11. The number of halogens is 1. The van der Waals surface area contributed by atoms with Gasteiger partial charge in [-0.25, -0.2) is 4.79 Å². The molecule has 0 heterocycles. The molecule has 0 aliphatic rings. The van der Waals surface area contributed by atoms with Gasteiger partial charge in [0.05, 0.1) is 26.2 Å². The van der Waals surface area contributed by atoms with E-state index in [2.05, 4.69) is 32.1 Å². The van der Waals surface area contributed by atoms with Gasteiger partial charge in [0.2, 0.25) is 0 Å². The van der Waals surface area contributed by atoms with Gasteiger partial charge in [0.1, 0.15) is 0 Å². The van der Waals surface area contributed by atoms with Gasteiger partial charge in [-0.2, -0.15) is 0 Å². The molecule has 0 amide bonds. The van der Waals surface area contributed by atoms with E-state index in [1.54, 1.807) is 18.2 Å². The Kier molecular flexibility index (Phi) is 4.72. The molecule has 0 bridgehead atoms. The number of ether oxygens (including phenoxy) is 2. The van der Waals surface area contributed by atoms with E-state index in [0.717, 1.165) is 9.13 Å². The summed E-state index contributed by atoms with van der Waals surface area (Å²) >= 11 is 2.07. The van der Waals surface area contributed by atoms with Crippen molar-refractivity contribution in [1.82, 2.24) is 0 Å². The van der Waals surface area contributed by atoms with Crippen LogP contribution in [0.1, 0.15) is 15.9 Å². The van der Waals surface area contributed by atoms with E-state index in [9.17, 15) is 9.59 Å². The number of esters is 2. The minimum absolute atomic E-state index is 0.205. The van der Waals surface area contributed by atoms with Crippen LogP contribution < -0.4 is 0 Å². The van der Waals surface area contributed by atoms with Crippen molar-refractivity contribution in [3.05, 3.63) is 32.9 Å². The highest BCUT2D eigenvalue weighted by Gasteiger charge is 2.10. The fraction of sp³-hybridized carbons (Fsp3) is 0.273. The molecular formula is C11H11IO4. The van der Waals surface area contributed by atoms with Crippen LogP contribution in [0.15, 0.2) is 18.2 Å². The van der Waals surface area contributed by atoms with Gasteiger partial charge in [-0.1, -0.05) is 6.07 Å². The van der Waals surface area contributed by atoms with E-state index in [-0.39, 0.29) is 18.4 Å². The molecule has 0 N–H and O–H groups in total. The number of rotatable bonds is 3. The standard InChI is InChI=1S/C11H11IO4/c1-15-10(13)6-7-3-4-8(5-9(7)12)11(14)16-2/h3-5H,6H2,1-2H3. The van der Waals surface area contributed by atoms with Gasteiger partial charge in [0.15, 0.2) is 0 Å². The molecule has 0 spiro atoms. The predicted molar refractivity (Wildman–Crippen MR) is 66.2 cm³/mol. The topological polar surface area (TPSA) is 52.6 Å². The average Bonchev–Trinajstić information content (AvgIpc) is 2.30. The van der Waals surface area contributed by atoms with Crippen LogP contribution in [0.25, 0.3) is 0 Å². The van der Waals surface area contributed by atoms with Gasteiger partial charge in [-0.05, 0) is 40.3 Å². The van der Waals surface area contributed by atoms with Gasteiger partial charge in [-0.3, -0.25) is 4.79 Å². The first-order valence-corrected chi connectivity index (χ1v) is 5.60. The lowest BCUT2D eigenvalue weighted by Crippen LogP contribution is -2.07. The summed E-state index contributed by atoms with van der Waals surface area (Å²) in [5, 5.41) is 0. The number of hydrogen-bond acceptors (Lipinski definition) is 4. The lowest BCUT2D eigenvalue weighted by molar-refractivity contribution is -0.139. The molecule has 5 heteroatoms. The lowest BCUT2D eigenvalue weighted by Gasteiger charge is -2.05. The molecule has 1 aromatic rings. The van der Waals surface area contributed by atoms with Crippen molar-refractivity contribution in [2.24, 2.45) is 0 Å². The maximum atomic E-state index is 11.2. The zero-order valence-corrected chi connectivity index (χ0v) is 11.1. The van der Waals surface area contributed by atoms with Gasteiger partial charge < -0.3 is 9.47 Å². The third-order valence-corrected chi connectivity index (χ3v) is 3.04. The van der Waals surface area contributed by atoms with Crippen molar-refractivity contribution in [3.63, 3.8) is 0 Å². The minimum Gasteiger partial charge on any atom is -0.469 e. The van der Waals surface area contributed by atoms with E-state index in [1.807, 2.05) is 0 Å². The fourth-order valence-electron chi connectivity index (χ4n) is 1.16. The van der Waals surface area contributed by atoms with E-state index < -0.39 is 0 Å². The molecule has 0 saturated heterocycles. The van der Waals surface area contributed by atoms with Gasteiger partial charge >= 0.3 is 11.9 Å². The Labute approximate surface area is 107 Å². The number of carbonyl (C=O) groups is 2. The van der Waals surface area contributed by atoms with Gasteiger partial charge in [0, 0.05) is 3.57 Å². The number of carbonyl (C=O) groups excluding carboxylic acids is 2. The van der Waals surface area contributed by atoms with Crippen molar-refractivity contribution < 1.29 is 19.1 Å². The Bertz CT molecular complexity index is 414. The summed E-state index contributed by atoms with van der Waals surface area (Å²) in [7, 11) is 2.68. The smallest absolute Gasteiger partial charge is 0.337 e. The molecule has 0 aliphatic carbocycles. The second kappa shape index (κ2) is 5.83. The van der Waals surface area contributed by atoms with Crippen molar-refractivity contribution in [3.8, 4) is 0 Å². The molecule has 0 atom stereocenters. The van der Waals surface area contributed by atoms with Crippen molar-refractivity contribution >= 4 is 34.5 Å². The maximum absolute atomic E-state index is 11.2. The molecule has 0 unspecified atom stereocenters. The molecule has 0 aromatic heterocycles. The Balaban J connectivity index is 2.91. The monoisotopic (exact) mass is 334 g/mol. The van der Waals surface area contributed by atoms with E-state index in [0.29, 0.717) is 5.56 Å². The Morgan fingerprint density at radius 1 is 1.25 bits per heavy atom. The van der Waals surface area contributed by atoms with Crippen LogP contribution in [0.2, 0.25) is 0 Å². The highest BCUT2D eigenvalue weighted by Crippen LogP contribution is 2.16. The Morgan fingerprint density at radius 3 is 2.44 bits per heavy atom. The van der Waals surface area contributed by atoms with Crippen LogP contribution in [-0.2, 0) is 20.7 Å². The first-order chi connectivity index (χ1) is 7.58. The molecule has 4 nitrogen and oxygen atoms in total. The molecule has 1 rings (SSSR count). The SMILES string of the molecule is COC(=O)Cc1ccc(C(=O)OC)cc1I. The van der Waals surface area contributed by atoms with Gasteiger partial charge in [-0.15, -0.1) is 0 Å².